The summed E-state index contributed by atoms with van der Waals surface area (Å²) in [5, 5.41) is 29.1. The van der Waals surface area contributed by atoms with E-state index in [1.54, 1.807) is 0 Å². The number of aliphatic hydroxyl groups is 2. The molecule has 0 radical (unpaired) electrons. The molecule has 5 heteroatoms. The number of nitrogens with one attached hydrogen (secondary N) is 1. The Hall–Kier alpha value is -0.650. The van der Waals surface area contributed by atoms with Crippen molar-refractivity contribution >= 4 is 5.97 Å². The summed E-state index contributed by atoms with van der Waals surface area (Å²) in [5.74, 6) is -0.990. The van der Waals surface area contributed by atoms with Gasteiger partial charge in [-0.25, -0.2) is 0 Å². The van der Waals surface area contributed by atoms with Gasteiger partial charge in [0.15, 0.2) is 0 Å². The van der Waals surface area contributed by atoms with Crippen LogP contribution >= 0.6 is 0 Å². The van der Waals surface area contributed by atoms with Crippen molar-refractivity contribution in [3.8, 4) is 0 Å². The van der Waals surface area contributed by atoms with Crippen molar-refractivity contribution < 1.29 is 20.1 Å². The fourth-order valence-electron chi connectivity index (χ4n) is 1.07. The summed E-state index contributed by atoms with van der Waals surface area (Å²) in [6.45, 7) is 0.137. The Kier molecular flexibility index (Phi) is 2.43. The summed E-state index contributed by atoms with van der Waals surface area (Å²) < 4.78 is 0. The molecule has 11 heavy (non-hydrogen) atoms. The van der Waals surface area contributed by atoms with Gasteiger partial charge in [-0.05, 0) is 0 Å². The largest absolute Gasteiger partial charge is 0.480 e. The molecule has 0 saturated carbocycles. The van der Waals surface area contributed by atoms with Gasteiger partial charge in [-0.15, -0.1) is 0 Å². The zero-order valence-corrected chi connectivity index (χ0v) is 5.90. The predicted molar refractivity (Wildman–Crippen MR) is 36.1 cm³/mol. The van der Waals surface area contributed by atoms with Crippen LogP contribution in [0, 0.1) is 0 Å². The van der Waals surface area contributed by atoms with Crippen molar-refractivity contribution in [2.45, 2.75) is 24.7 Å². The minimum absolute atomic E-state index is 0.0660. The molecule has 0 bridgehead atoms. The second-order valence-corrected chi connectivity index (χ2v) is 2.67. The molecule has 1 fully saturated rings. The second-order valence-electron chi connectivity index (χ2n) is 2.67. The highest BCUT2D eigenvalue weighted by molar-refractivity contribution is 5.73. The van der Waals surface area contributed by atoms with Crippen molar-refractivity contribution in [2.24, 2.45) is 0 Å². The molecule has 1 heterocycles. The maximum Gasteiger partial charge on any atom is 0.320 e. The van der Waals surface area contributed by atoms with Crippen LogP contribution in [0.4, 0.5) is 0 Å². The second kappa shape index (κ2) is 3.17. The van der Waals surface area contributed by atoms with Crippen LogP contribution in [-0.2, 0) is 4.79 Å². The van der Waals surface area contributed by atoms with Crippen LogP contribution < -0.4 is 5.32 Å². The molecule has 1 saturated heterocycles. The lowest BCUT2D eigenvalue weighted by Gasteiger charge is -2.28. The third-order valence-corrected chi connectivity index (χ3v) is 1.79. The highest BCUT2D eigenvalue weighted by Crippen LogP contribution is 2.08. The quantitative estimate of drug-likeness (QED) is 0.362. The molecule has 1 aliphatic rings. The lowest BCUT2D eigenvalue weighted by molar-refractivity contribution is -0.142. The Morgan fingerprint density at radius 1 is 1.36 bits per heavy atom. The smallest absolute Gasteiger partial charge is 0.320 e. The van der Waals surface area contributed by atoms with E-state index in [2.05, 4.69) is 5.32 Å². The topological polar surface area (TPSA) is 89.8 Å². The Labute approximate surface area is 63.7 Å². The third-order valence-electron chi connectivity index (χ3n) is 1.79. The minimum Gasteiger partial charge on any atom is -0.480 e. The summed E-state index contributed by atoms with van der Waals surface area (Å²) in [7, 11) is 0. The van der Waals surface area contributed by atoms with E-state index in [0.29, 0.717) is 0 Å². The minimum atomic E-state index is -0.990. The third kappa shape index (κ3) is 1.89. The number of aliphatic hydroxyl groups excluding tert-OH is 2. The van der Waals surface area contributed by atoms with Gasteiger partial charge in [-0.2, -0.15) is 0 Å². The van der Waals surface area contributed by atoms with Crippen LogP contribution in [0.2, 0.25) is 0 Å². The molecule has 0 amide bonds. The van der Waals surface area contributed by atoms with Crippen molar-refractivity contribution in [3.05, 3.63) is 0 Å². The highest BCUT2D eigenvalue weighted by atomic mass is 16.4. The van der Waals surface area contributed by atoms with Crippen LogP contribution in [0.3, 0.4) is 0 Å². The van der Waals surface area contributed by atoms with Gasteiger partial charge in [0.25, 0.3) is 0 Å². The van der Waals surface area contributed by atoms with Gasteiger partial charge >= 0.3 is 5.97 Å². The fraction of sp³-hybridized carbons (Fsp3) is 0.833. The fourth-order valence-corrected chi connectivity index (χ4v) is 1.07. The number of hydrogen-bond donors (Lipinski definition) is 4. The lowest BCUT2D eigenvalue weighted by Crippen LogP contribution is -2.52. The zero-order chi connectivity index (χ0) is 8.43. The van der Waals surface area contributed by atoms with E-state index in [1.165, 1.54) is 0 Å². The zero-order valence-electron chi connectivity index (χ0n) is 5.90. The summed E-state index contributed by atoms with van der Waals surface area (Å²) in [6.07, 6.45) is -1.70. The first-order valence-corrected chi connectivity index (χ1v) is 3.43. The molecule has 64 valence electrons. The van der Waals surface area contributed by atoms with Crippen molar-refractivity contribution in [2.75, 3.05) is 6.54 Å². The number of hydrogen-bond acceptors (Lipinski definition) is 4. The van der Waals surface area contributed by atoms with E-state index in [9.17, 15) is 4.79 Å². The normalized spacial score (nSPS) is 38.5. The molecular weight excluding hydrogens is 150 g/mol. The number of aliphatic carboxylic acids is 1. The molecule has 0 aromatic carbocycles. The molecule has 5 nitrogen and oxygen atoms in total. The predicted octanol–water partition coefficient (Wildman–Crippen LogP) is -1.85. The standard InChI is InChI=1S/C6H11NO4/c8-4-1-3(6(10)11)7-2-5(4)9/h3-5,7-9H,1-2H2,(H,10,11)/t3-,4+,5-/m1/s1. The number of carboxylic acids is 1. The number of rotatable bonds is 1. The number of β-amino-alcohol motifs (C(OH)–C–C–N with tert-alkyl or cyclic N) is 1. The lowest BCUT2D eigenvalue weighted by atomic mass is 10.00. The van der Waals surface area contributed by atoms with Crippen molar-refractivity contribution in [1.29, 1.82) is 0 Å². The van der Waals surface area contributed by atoms with Gasteiger partial charge in [0.1, 0.15) is 6.04 Å². The average molecular weight is 161 g/mol. The van der Waals surface area contributed by atoms with Crippen LogP contribution in [0.5, 0.6) is 0 Å². The first-order valence-electron chi connectivity index (χ1n) is 3.43. The maximum atomic E-state index is 10.4. The molecular formula is C6H11NO4. The van der Waals surface area contributed by atoms with Gasteiger partial charge in [0, 0.05) is 13.0 Å². The highest BCUT2D eigenvalue weighted by Gasteiger charge is 2.30. The van der Waals surface area contributed by atoms with Crippen molar-refractivity contribution in [1.82, 2.24) is 5.32 Å². The maximum absolute atomic E-state index is 10.4. The first-order chi connectivity index (χ1) is 5.11. The van der Waals surface area contributed by atoms with E-state index in [4.69, 9.17) is 15.3 Å². The van der Waals surface area contributed by atoms with E-state index >= 15 is 0 Å². The van der Waals surface area contributed by atoms with Crippen LogP contribution in [0.1, 0.15) is 6.42 Å². The monoisotopic (exact) mass is 161 g/mol. The van der Waals surface area contributed by atoms with Crippen LogP contribution in [0.25, 0.3) is 0 Å². The molecule has 0 aliphatic carbocycles. The number of piperidine rings is 1. The van der Waals surface area contributed by atoms with E-state index in [0.717, 1.165) is 0 Å². The molecule has 0 aromatic rings. The van der Waals surface area contributed by atoms with Gasteiger partial charge in [-0.1, -0.05) is 0 Å². The Bertz CT molecular complexity index is 161. The van der Waals surface area contributed by atoms with E-state index in [1.807, 2.05) is 0 Å². The van der Waals surface area contributed by atoms with Crippen molar-refractivity contribution in [3.63, 3.8) is 0 Å². The molecule has 0 unspecified atom stereocenters. The number of carbonyl (C=O) groups is 1. The van der Waals surface area contributed by atoms with Gasteiger partial charge in [0.2, 0.25) is 0 Å². The van der Waals surface area contributed by atoms with E-state index in [-0.39, 0.29) is 13.0 Å². The Morgan fingerprint density at radius 3 is 2.45 bits per heavy atom. The van der Waals surface area contributed by atoms with Crippen LogP contribution in [-0.4, -0.2) is 46.1 Å². The Balaban J connectivity index is 2.46. The molecule has 0 spiro atoms. The summed E-state index contributed by atoms with van der Waals surface area (Å²) in [5.41, 5.74) is 0. The summed E-state index contributed by atoms with van der Waals surface area (Å²) >= 11 is 0. The van der Waals surface area contributed by atoms with Gasteiger partial charge in [0.05, 0.1) is 12.2 Å². The molecule has 0 aromatic heterocycles. The molecule has 1 rings (SSSR count). The van der Waals surface area contributed by atoms with Gasteiger partial charge < -0.3 is 20.6 Å². The van der Waals surface area contributed by atoms with Gasteiger partial charge in [-0.3, -0.25) is 4.79 Å². The summed E-state index contributed by atoms with van der Waals surface area (Å²) in [4.78, 5) is 10.4. The number of carboxylic acid groups (broad SMARTS) is 1. The van der Waals surface area contributed by atoms with Crippen LogP contribution in [0.15, 0.2) is 0 Å². The summed E-state index contributed by atoms with van der Waals surface area (Å²) in [6, 6.07) is -0.728. The van der Waals surface area contributed by atoms with E-state index < -0.39 is 24.2 Å². The first kappa shape index (κ1) is 8.45. The Morgan fingerprint density at radius 2 is 2.00 bits per heavy atom. The molecule has 1 aliphatic heterocycles. The SMILES string of the molecule is O=C(O)[C@H]1C[C@H](O)[C@H](O)CN1. The molecule has 3 atom stereocenters. The average Bonchev–Trinajstić information content (AvgIpc) is 1.94. The molecule has 4 N–H and O–H groups in total.